The highest BCUT2D eigenvalue weighted by Crippen LogP contribution is 2.22. The Kier molecular flexibility index (Phi) is 4.37. The lowest BCUT2D eigenvalue weighted by atomic mass is 10.1. The number of hydrogen-bond acceptors (Lipinski definition) is 4. The molecule has 0 saturated carbocycles. The van der Waals surface area contributed by atoms with Crippen LogP contribution in [-0.2, 0) is 9.53 Å². The molecule has 0 aliphatic rings. The quantitative estimate of drug-likeness (QED) is 0.508. The van der Waals surface area contributed by atoms with Gasteiger partial charge in [-0.3, -0.25) is 0 Å². The van der Waals surface area contributed by atoms with Crippen LogP contribution in [0.3, 0.4) is 0 Å². The number of methoxy groups -OCH3 is 1. The first kappa shape index (κ1) is 14.1. The van der Waals surface area contributed by atoms with Gasteiger partial charge in [0.25, 0.3) is 0 Å². The first-order valence-electron chi connectivity index (χ1n) is 5.66. The molecule has 0 amide bonds. The summed E-state index contributed by atoms with van der Waals surface area (Å²) in [6, 6.07) is 5.24. The minimum absolute atomic E-state index is 0.388. The number of carbonyl (C=O) groups is 1. The zero-order valence-corrected chi connectivity index (χ0v) is 11.2. The molecule has 2 N–H and O–H groups in total. The van der Waals surface area contributed by atoms with Gasteiger partial charge in [0.2, 0.25) is 0 Å². The highest BCUT2D eigenvalue weighted by molar-refractivity contribution is 5.88. The fourth-order valence-corrected chi connectivity index (χ4v) is 1.36. The molecule has 4 nitrogen and oxygen atoms in total. The molecule has 0 aromatic heterocycles. The third kappa shape index (κ3) is 4.49. The van der Waals surface area contributed by atoms with Crippen LogP contribution in [0.5, 0.6) is 5.75 Å². The minimum atomic E-state index is -0.493. The van der Waals surface area contributed by atoms with Crippen molar-refractivity contribution in [1.29, 1.82) is 0 Å². The predicted octanol–water partition coefficient (Wildman–Crippen LogP) is 2.63. The zero-order valence-electron chi connectivity index (χ0n) is 11.2. The van der Waals surface area contributed by atoms with E-state index < -0.39 is 5.60 Å². The number of nitrogen functional groups attached to an aromatic ring is 1. The van der Waals surface area contributed by atoms with Gasteiger partial charge in [-0.2, -0.15) is 0 Å². The number of anilines is 1. The van der Waals surface area contributed by atoms with Crippen LogP contribution in [0.1, 0.15) is 26.3 Å². The lowest BCUT2D eigenvalue weighted by Crippen LogP contribution is -2.22. The van der Waals surface area contributed by atoms with E-state index in [0.717, 1.165) is 5.56 Å². The van der Waals surface area contributed by atoms with Crippen LogP contribution < -0.4 is 10.5 Å². The summed E-state index contributed by atoms with van der Waals surface area (Å²) in [6.45, 7) is 5.47. The highest BCUT2D eigenvalue weighted by atomic mass is 16.6. The van der Waals surface area contributed by atoms with Crippen LogP contribution >= 0.6 is 0 Å². The second kappa shape index (κ2) is 5.58. The molecule has 98 valence electrons. The van der Waals surface area contributed by atoms with Gasteiger partial charge in [-0.05, 0) is 39.0 Å². The molecule has 0 aliphatic heterocycles. The Morgan fingerprint density at radius 3 is 2.56 bits per heavy atom. The molecule has 0 saturated heterocycles. The van der Waals surface area contributed by atoms with Crippen molar-refractivity contribution in [2.24, 2.45) is 0 Å². The Morgan fingerprint density at radius 1 is 1.33 bits per heavy atom. The minimum Gasteiger partial charge on any atom is -0.496 e. The van der Waals surface area contributed by atoms with Gasteiger partial charge >= 0.3 is 5.97 Å². The third-order valence-electron chi connectivity index (χ3n) is 2.06. The van der Waals surface area contributed by atoms with E-state index in [1.807, 2.05) is 20.8 Å². The average Bonchev–Trinajstić information content (AvgIpc) is 2.24. The van der Waals surface area contributed by atoms with E-state index in [4.69, 9.17) is 15.2 Å². The Bertz CT molecular complexity index is 459. The second-order valence-electron chi connectivity index (χ2n) is 4.87. The fraction of sp³-hybridized carbons (Fsp3) is 0.357. The summed E-state index contributed by atoms with van der Waals surface area (Å²) < 4.78 is 10.3. The van der Waals surface area contributed by atoms with E-state index in [1.165, 1.54) is 6.08 Å². The normalized spacial score (nSPS) is 11.6. The molecule has 0 aliphatic carbocycles. The average molecular weight is 249 g/mol. The van der Waals surface area contributed by atoms with Crippen LogP contribution in [-0.4, -0.2) is 18.7 Å². The Labute approximate surface area is 107 Å². The number of nitrogens with two attached hydrogens (primary N) is 1. The van der Waals surface area contributed by atoms with Crippen molar-refractivity contribution in [2.45, 2.75) is 26.4 Å². The van der Waals surface area contributed by atoms with Crippen molar-refractivity contribution < 1.29 is 14.3 Å². The van der Waals surface area contributed by atoms with Gasteiger partial charge in [0, 0.05) is 23.4 Å². The van der Waals surface area contributed by atoms with Crippen molar-refractivity contribution in [3.63, 3.8) is 0 Å². The van der Waals surface area contributed by atoms with Crippen LogP contribution in [0, 0.1) is 0 Å². The van der Waals surface area contributed by atoms with Gasteiger partial charge in [0.05, 0.1) is 7.11 Å². The largest absolute Gasteiger partial charge is 0.496 e. The SMILES string of the molecule is COc1cc(N)ccc1/C=C/C(=O)OC(C)(C)C. The molecule has 0 fully saturated rings. The third-order valence-corrected chi connectivity index (χ3v) is 2.06. The van der Waals surface area contributed by atoms with Gasteiger partial charge in [0.15, 0.2) is 0 Å². The monoisotopic (exact) mass is 249 g/mol. The van der Waals surface area contributed by atoms with E-state index in [2.05, 4.69) is 0 Å². The number of ether oxygens (including phenoxy) is 2. The Hall–Kier alpha value is -1.97. The fourth-order valence-electron chi connectivity index (χ4n) is 1.36. The molecule has 0 spiro atoms. The number of carbonyl (C=O) groups excluding carboxylic acids is 1. The maximum Gasteiger partial charge on any atom is 0.331 e. The molecule has 0 radical (unpaired) electrons. The van der Waals surface area contributed by atoms with Crippen molar-refractivity contribution in [1.82, 2.24) is 0 Å². The lowest BCUT2D eigenvalue weighted by molar-refractivity contribution is -0.148. The molecule has 0 unspecified atom stereocenters. The lowest BCUT2D eigenvalue weighted by Gasteiger charge is -2.17. The number of esters is 1. The first-order chi connectivity index (χ1) is 8.31. The van der Waals surface area contributed by atoms with Crippen molar-refractivity contribution in [2.75, 3.05) is 12.8 Å². The summed E-state index contributed by atoms with van der Waals surface area (Å²) in [4.78, 5) is 11.5. The molecule has 0 atom stereocenters. The summed E-state index contributed by atoms with van der Waals surface area (Å²) in [5.74, 6) is 0.233. The van der Waals surface area contributed by atoms with E-state index in [1.54, 1.807) is 31.4 Å². The molecule has 1 aromatic rings. The summed E-state index contributed by atoms with van der Waals surface area (Å²) >= 11 is 0. The first-order valence-corrected chi connectivity index (χ1v) is 5.66. The van der Waals surface area contributed by atoms with Crippen LogP contribution in [0.15, 0.2) is 24.3 Å². The van der Waals surface area contributed by atoms with Gasteiger partial charge in [0.1, 0.15) is 11.4 Å². The topological polar surface area (TPSA) is 61.5 Å². The van der Waals surface area contributed by atoms with E-state index in [0.29, 0.717) is 11.4 Å². The van der Waals surface area contributed by atoms with Gasteiger partial charge in [-0.1, -0.05) is 0 Å². The smallest absolute Gasteiger partial charge is 0.331 e. The van der Waals surface area contributed by atoms with Crippen molar-refractivity contribution in [3.05, 3.63) is 29.8 Å². The summed E-state index contributed by atoms with van der Waals surface area (Å²) in [7, 11) is 1.56. The Morgan fingerprint density at radius 2 is 2.00 bits per heavy atom. The van der Waals surface area contributed by atoms with Crippen molar-refractivity contribution in [3.8, 4) is 5.75 Å². The summed E-state index contributed by atoms with van der Waals surface area (Å²) in [6.07, 6.45) is 3.02. The number of rotatable bonds is 3. The standard InChI is InChI=1S/C14H19NO3/c1-14(2,3)18-13(16)8-6-10-5-7-11(15)9-12(10)17-4/h5-9H,15H2,1-4H3/b8-6+. The molecule has 1 rings (SSSR count). The highest BCUT2D eigenvalue weighted by Gasteiger charge is 2.14. The van der Waals surface area contributed by atoms with Crippen molar-refractivity contribution >= 4 is 17.7 Å². The molecular weight excluding hydrogens is 230 g/mol. The van der Waals surface area contributed by atoms with E-state index in [9.17, 15) is 4.79 Å². The Balaban J connectivity index is 2.81. The molecule has 0 heterocycles. The van der Waals surface area contributed by atoms with Crippen LogP contribution in [0.25, 0.3) is 6.08 Å². The van der Waals surface area contributed by atoms with E-state index >= 15 is 0 Å². The molecule has 0 bridgehead atoms. The maximum atomic E-state index is 11.5. The zero-order chi connectivity index (χ0) is 13.8. The molecule has 1 aromatic carbocycles. The number of benzene rings is 1. The van der Waals surface area contributed by atoms with Gasteiger partial charge < -0.3 is 15.2 Å². The van der Waals surface area contributed by atoms with Crippen LogP contribution in [0.2, 0.25) is 0 Å². The second-order valence-corrected chi connectivity index (χ2v) is 4.87. The molecule has 4 heteroatoms. The molecular formula is C14H19NO3. The summed E-state index contributed by atoms with van der Waals surface area (Å²) in [5.41, 5.74) is 6.54. The van der Waals surface area contributed by atoms with E-state index in [-0.39, 0.29) is 5.97 Å². The number of hydrogen-bond donors (Lipinski definition) is 1. The van der Waals surface area contributed by atoms with Gasteiger partial charge in [-0.15, -0.1) is 0 Å². The maximum absolute atomic E-state index is 11.5. The van der Waals surface area contributed by atoms with Crippen LogP contribution in [0.4, 0.5) is 5.69 Å². The summed E-state index contributed by atoms with van der Waals surface area (Å²) in [5, 5.41) is 0. The molecule has 18 heavy (non-hydrogen) atoms. The van der Waals surface area contributed by atoms with Gasteiger partial charge in [-0.25, -0.2) is 4.79 Å². The predicted molar refractivity (Wildman–Crippen MR) is 72.3 cm³/mol.